The number of carbonyl (C=O) groups excluding carboxylic acids is 1. The van der Waals surface area contributed by atoms with Crippen LogP contribution in [0.3, 0.4) is 0 Å². The van der Waals surface area contributed by atoms with E-state index in [2.05, 4.69) is 5.32 Å². The van der Waals surface area contributed by atoms with Crippen LogP contribution in [0.15, 0.2) is 48.5 Å². The molecular weight excluding hydrogens is 310 g/mol. The minimum absolute atomic E-state index is 0.0957. The number of hydrogen-bond acceptors (Lipinski definition) is 2. The van der Waals surface area contributed by atoms with Crippen LogP contribution in [-0.4, -0.2) is 18.6 Å². The number of halogens is 1. The second-order valence-electron chi connectivity index (χ2n) is 5.59. The number of aryl methyl sites for hydroxylation is 2. The van der Waals surface area contributed by atoms with Gasteiger partial charge in [0.05, 0.1) is 0 Å². The van der Waals surface area contributed by atoms with Crippen LogP contribution in [0.25, 0.3) is 0 Å². The van der Waals surface area contributed by atoms with Gasteiger partial charge < -0.3 is 10.1 Å². The van der Waals surface area contributed by atoms with Crippen molar-refractivity contribution in [3.05, 3.63) is 64.7 Å². The predicted molar refractivity (Wildman–Crippen MR) is 94.1 cm³/mol. The fourth-order valence-corrected chi connectivity index (χ4v) is 2.30. The van der Waals surface area contributed by atoms with Gasteiger partial charge in [0.2, 0.25) is 0 Å². The van der Waals surface area contributed by atoms with E-state index in [0.717, 1.165) is 23.4 Å². The maximum absolute atomic E-state index is 12.0. The van der Waals surface area contributed by atoms with Gasteiger partial charge >= 0.3 is 0 Å². The highest BCUT2D eigenvalue weighted by atomic mass is 35.5. The second-order valence-corrected chi connectivity index (χ2v) is 6.03. The summed E-state index contributed by atoms with van der Waals surface area (Å²) in [5.74, 6) is 0.612. The van der Waals surface area contributed by atoms with Crippen molar-refractivity contribution in [2.24, 2.45) is 0 Å². The van der Waals surface area contributed by atoms with Gasteiger partial charge in [0.15, 0.2) is 6.10 Å². The molecule has 0 radical (unpaired) electrons. The molecule has 0 bridgehead atoms. The summed E-state index contributed by atoms with van der Waals surface area (Å²) < 4.78 is 5.63. The standard InChI is InChI=1S/C19H22ClNO2/c1-14-5-11-18(12-6-14)23-15(2)19(22)21-13-3-4-16-7-9-17(20)10-8-16/h5-12,15H,3-4,13H2,1-2H3,(H,21,22). The third kappa shape index (κ3) is 5.95. The minimum atomic E-state index is -0.506. The van der Waals surface area contributed by atoms with Crippen LogP contribution in [0.5, 0.6) is 5.75 Å². The Balaban J connectivity index is 1.69. The molecule has 23 heavy (non-hydrogen) atoms. The summed E-state index contributed by atoms with van der Waals surface area (Å²) in [5, 5.41) is 3.65. The molecule has 3 nitrogen and oxygen atoms in total. The van der Waals surface area contributed by atoms with Crippen molar-refractivity contribution in [3.8, 4) is 5.75 Å². The van der Waals surface area contributed by atoms with E-state index in [1.165, 1.54) is 5.56 Å². The Bertz CT molecular complexity index is 623. The molecule has 0 aliphatic carbocycles. The van der Waals surface area contributed by atoms with Gasteiger partial charge in [0.1, 0.15) is 5.75 Å². The van der Waals surface area contributed by atoms with Gasteiger partial charge in [-0.25, -0.2) is 0 Å². The lowest BCUT2D eigenvalue weighted by atomic mass is 10.1. The monoisotopic (exact) mass is 331 g/mol. The van der Waals surface area contributed by atoms with Crippen LogP contribution < -0.4 is 10.1 Å². The predicted octanol–water partition coefficient (Wildman–Crippen LogP) is 4.16. The van der Waals surface area contributed by atoms with E-state index < -0.39 is 6.10 Å². The first kappa shape index (κ1) is 17.4. The molecule has 1 amide bonds. The molecule has 0 aliphatic heterocycles. The Kier molecular flexibility index (Phi) is 6.48. The van der Waals surface area contributed by atoms with E-state index in [-0.39, 0.29) is 5.91 Å². The number of hydrogen-bond donors (Lipinski definition) is 1. The van der Waals surface area contributed by atoms with Gasteiger partial charge in [-0.2, -0.15) is 0 Å². The zero-order valence-electron chi connectivity index (χ0n) is 13.5. The van der Waals surface area contributed by atoms with Gasteiger partial charge in [0.25, 0.3) is 5.91 Å². The highest BCUT2D eigenvalue weighted by Crippen LogP contribution is 2.13. The molecule has 0 aliphatic rings. The first-order valence-electron chi connectivity index (χ1n) is 7.80. The lowest BCUT2D eigenvalue weighted by Gasteiger charge is -2.14. The summed E-state index contributed by atoms with van der Waals surface area (Å²) >= 11 is 5.85. The van der Waals surface area contributed by atoms with Gasteiger partial charge in [-0.15, -0.1) is 0 Å². The number of amides is 1. The van der Waals surface area contributed by atoms with E-state index in [9.17, 15) is 4.79 Å². The van der Waals surface area contributed by atoms with E-state index in [0.29, 0.717) is 12.3 Å². The largest absolute Gasteiger partial charge is 0.481 e. The molecule has 2 rings (SSSR count). The molecular formula is C19H22ClNO2. The third-order valence-electron chi connectivity index (χ3n) is 3.56. The molecule has 2 aromatic carbocycles. The lowest BCUT2D eigenvalue weighted by Crippen LogP contribution is -2.36. The van der Waals surface area contributed by atoms with Crippen LogP contribution in [0.1, 0.15) is 24.5 Å². The van der Waals surface area contributed by atoms with Gasteiger partial charge in [-0.1, -0.05) is 41.4 Å². The molecule has 1 atom stereocenters. The number of rotatable bonds is 7. The maximum Gasteiger partial charge on any atom is 0.260 e. The van der Waals surface area contributed by atoms with Crippen molar-refractivity contribution < 1.29 is 9.53 Å². The average molecular weight is 332 g/mol. The van der Waals surface area contributed by atoms with Crippen molar-refractivity contribution >= 4 is 17.5 Å². The van der Waals surface area contributed by atoms with Crippen molar-refractivity contribution in [2.45, 2.75) is 32.8 Å². The zero-order valence-corrected chi connectivity index (χ0v) is 14.3. The second kappa shape index (κ2) is 8.59. The van der Waals surface area contributed by atoms with E-state index in [1.807, 2.05) is 55.5 Å². The van der Waals surface area contributed by atoms with Crippen molar-refractivity contribution in [1.29, 1.82) is 0 Å². The number of nitrogens with one attached hydrogen (secondary N) is 1. The molecule has 4 heteroatoms. The molecule has 0 saturated carbocycles. The summed E-state index contributed by atoms with van der Waals surface area (Å²) in [6.45, 7) is 4.40. The summed E-state index contributed by atoms with van der Waals surface area (Å²) in [6.07, 6.45) is 1.28. The third-order valence-corrected chi connectivity index (χ3v) is 3.81. The summed E-state index contributed by atoms with van der Waals surface area (Å²) in [6, 6.07) is 15.5. The summed E-state index contributed by atoms with van der Waals surface area (Å²) in [7, 11) is 0. The topological polar surface area (TPSA) is 38.3 Å². The quantitative estimate of drug-likeness (QED) is 0.773. The van der Waals surface area contributed by atoms with Crippen molar-refractivity contribution in [3.63, 3.8) is 0 Å². The molecule has 0 spiro atoms. The number of ether oxygens (including phenoxy) is 1. The summed E-state index contributed by atoms with van der Waals surface area (Å²) in [4.78, 5) is 12.0. The SMILES string of the molecule is Cc1ccc(OC(C)C(=O)NCCCc2ccc(Cl)cc2)cc1. The van der Waals surface area contributed by atoms with Crippen molar-refractivity contribution in [2.75, 3.05) is 6.54 Å². The molecule has 0 heterocycles. The Morgan fingerprint density at radius 3 is 2.43 bits per heavy atom. The van der Waals surface area contributed by atoms with E-state index in [4.69, 9.17) is 16.3 Å². The Morgan fingerprint density at radius 2 is 1.78 bits per heavy atom. The minimum Gasteiger partial charge on any atom is -0.481 e. The molecule has 2 aromatic rings. The van der Waals surface area contributed by atoms with E-state index in [1.54, 1.807) is 6.92 Å². The van der Waals surface area contributed by atoms with Crippen LogP contribution in [-0.2, 0) is 11.2 Å². The van der Waals surface area contributed by atoms with Gasteiger partial charge in [-0.3, -0.25) is 4.79 Å². The van der Waals surface area contributed by atoms with Crippen LogP contribution in [0.4, 0.5) is 0 Å². The van der Waals surface area contributed by atoms with Crippen LogP contribution >= 0.6 is 11.6 Å². The average Bonchev–Trinajstić information content (AvgIpc) is 2.55. The molecule has 0 saturated heterocycles. The fourth-order valence-electron chi connectivity index (χ4n) is 2.17. The zero-order chi connectivity index (χ0) is 16.7. The normalized spacial score (nSPS) is 11.8. The number of carbonyl (C=O) groups is 1. The van der Waals surface area contributed by atoms with Gasteiger partial charge in [0, 0.05) is 11.6 Å². The lowest BCUT2D eigenvalue weighted by molar-refractivity contribution is -0.127. The maximum atomic E-state index is 12.0. The highest BCUT2D eigenvalue weighted by Gasteiger charge is 2.13. The van der Waals surface area contributed by atoms with Crippen LogP contribution in [0.2, 0.25) is 5.02 Å². The first-order valence-corrected chi connectivity index (χ1v) is 8.18. The molecule has 0 aromatic heterocycles. The fraction of sp³-hybridized carbons (Fsp3) is 0.316. The highest BCUT2D eigenvalue weighted by molar-refractivity contribution is 6.30. The Labute approximate surface area is 142 Å². The number of benzene rings is 2. The van der Waals surface area contributed by atoms with Gasteiger partial charge in [-0.05, 0) is 56.5 Å². The molecule has 1 unspecified atom stereocenters. The Morgan fingerprint density at radius 1 is 1.13 bits per heavy atom. The molecule has 1 N–H and O–H groups in total. The van der Waals surface area contributed by atoms with Crippen LogP contribution in [0, 0.1) is 6.92 Å². The molecule has 122 valence electrons. The molecule has 0 fully saturated rings. The summed E-state index contributed by atoms with van der Waals surface area (Å²) in [5.41, 5.74) is 2.38. The van der Waals surface area contributed by atoms with Crippen molar-refractivity contribution in [1.82, 2.24) is 5.32 Å². The van der Waals surface area contributed by atoms with E-state index >= 15 is 0 Å². The smallest absolute Gasteiger partial charge is 0.260 e. The Hall–Kier alpha value is -2.00. The first-order chi connectivity index (χ1) is 11.0.